The highest BCUT2D eigenvalue weighted by Gasteiger charge is 2.16. The molecular weight excluding hydrogens is 460 g/mol. The summed E-state index contributed by atoms with van der Waals surface area (Å²) in [7, 11) is 3.10. The molecule has 0 fully saturated rings. The molecule has 190 valence electrons. The summed E-state index contributed by atoms with van der Waals surface area (Å²) in [5.74, 6) is 1.40. The maximum atomic E-state index is 5.74. The van der Waals surface area contributed by atoms with E-state index in [0.29, 0.717) is 48.2 Å². The lowest BCUT2D eigenvalue weighted by Crippen LogP contribution is -2.19. The van der Waals surface area contributed by atoms with Crippen molar-refractivity contribution in [1.82, 2.24) is 20.4 Å². The first-order valence-electron chi connectivity index (χ1n) is 10.9. The molecule has 0 aliphatic heterocycles. The molecule has 0 N–H and O–H groups in total. The first-order chi connectivity index (χ1) is 15.8. The van der Waals surface area contributed by atoms with Crippen LogP contribution in [0.4, 0.5) is 0 Å². The van der Waals surface area contributed by atoms with Crippen molar-refractivity contribution in [2.45, 2.75) is 72.9 Å². The smallest absolute Gasteiger partial charge is 0.238 e. The van der Waals surface area contributed by atoms with E-state index in [4.69, 9.17) is 35.3 Å². The molecule has 0 radical (unpaired) electrons. The van der Waals surface area contributed by atoms with Crippen LogP contribution in [0.3, 0.4) is 0 Å². The van der Waals surface area contributed by atoms with Crippen molar-refractivity contribution in [3.8, 4) is 11.8 Å². The van der Waals surface area contributed by atoms with Gasteiger partial charge in [0, 0.05) is 11.1 Å². The van der Waals surface area contributed by atoms with Crippen molar-refractivity contribution in [2.75, 3.05) is 20.8 Å². The molecule has 0 bridgehead atoms. The van der Waals surface area contributed by atoms with Crippen molar-refractivity contribution in [3.05, 3.63) is 40.7 Å². The normalized spacial score (nSPS) is 11.4. The van der Waals surface area contributed by atoms with Crippen LogP contribution in [-0.2, 0) is 27.4 Å². The van der Waals surface area contributed by atoms with Gasteiger partial charge in [-0.25, -0.2) is 0 Å². The van der Waals surface area contributed by atoms with E-state index in [1.54, 1.807) is 20.3 Å². The van der Waals surface area contributed by atoms with Crippen molar-refractivity contribution in [1.29, 1.82) is 0 Å². The number of ether oxygens (including phenoxy) is 5. The van der Waals surface area contributed by atoms with E-state index in [-0.39, 0.29) is 11.2 Å². The first kappa shape index (κ1) is 29.5. The summed E-state index contributed by atoms with van der Waals surface area (Å²) >= 11 is 5.74. The molecule has 0 aromatic carbocycles. The summed E-state index contributed by atoms with van der Waals surface area (Å²) in [6.45, 7) is 19.0. The van der Waals surface area contributed by atoms with Gasteiger partial charge in [-0.1, -0.05) is 18.2 Å². The van der Waals surface area contributed by atoms with E-state index in [2.05, 4.69) is 27.0 Å². The Labute approximate surface area is 207 Å². The molecule has 0 aliphatic rings. The lowest BCUT2D eigenvalue weighted by molar-refractivity contribution is -0.0162. The Bertz CT molecular complexity index is 927. The largest absolute Gasteiger partial charge is 0.492 e. The highest BCUT2D eigenvalue weighted by molar-refractivity contribution is 6.29. The Morgan fingerprint density at radius 2 is 1.29 bits per heavy atom. The number of hydrogen-bond acceptors (Lipinski definition) is 9. The van der Waals surface area contributed by atoms with Gasteiger partial charge in [-0.2, -0.15) is 0 Å². The molecule has 2 rings (SSSR count). The summed E-state index contributed by atoms with van der Waals surface area (Å²) in [6.07, 6.45) is 0. The van der Waals surface area contributed by atoms with Gasteiger partial charge in [0.1, 0.15) is 11.5 Å². The van der Waals surface area contributed by atoms with E-state index in [1.807, 2.05) is 54.5 Å². The molecule has 9 nitrogen and oxygen atoms in total. The average molecular weight is 497 g/mol. The predicted octanol–water partition coefficient (Wildman–Crippen LogP) is 5.26. The summed E-state index contributed by atoms with van der Waals surface area (Å²) in [4.78, 5) is 0. The molecule has 0 saturated heterocycles. The fourth-order valence-electron chi connectivity index (χ4n) is 2.33. The zero-order valence-corrected chi connectivity index (χ0v) is 22.4. The van der Waals surface area contributed by atoms with Gasteiger partial charge in [0.05, 0.1) is 45.2 Å². The van der Waals surface area contributed by atoms with Crippen LogP contribution in [0.2, 0.25) is 5.15 Å². The lowest BCUT2D eigenvalue weighted by atomic mass is 10.2. The second kappa shape index (κ2) is 13.4. The van der Waals surface area contributed by atoms with Crippen molar-refractivity contribution in [3.63, 3.8) is 0 Å². The minimum atomic E-state index is -0.231. The van der Waals surface area contributed by atoms with Gasteiger partial charge in [-0.15, -0.1) is 20.4 Å². The molecule has 0 aliphatic carbocycles. The zero-order chi connectivity index (χ0) is 25.9. The maximum Gasteiger partial charge on any atom is 0.238 e. The highest BCUT2D eigenvalue weighted by Crippen LogP contribution is 2.22. The molecule has 0 unspecified atom stereocenters. The molecule has 0 saturated carbocycles. The van der Waals surface area contributed by atoms with E-state index in [9.17, 15) is 0 Å². The van der Waals surface area contributed by atoms with E-state index in [0.717, 1.165) is 11.1 Å². The number of hydrogen-bond donors (Lipinski definition) is 0. The average Bonchev–Trinajstić information content (AvgIpc) is 2.75. The Morgan fingerprint density at radius 3 is 1.74 bits per heavy atom. The summed E-state index contributed by atoms with van der Waals surface area (Å²) in [5, 5.41) is 15.9. The maximum absolute atomic E-state index is 5.74. The van der Waals surface area contributed by atoms with Crippen LogP contribution in [0, 0.1) is 0 Å². The van der Waals surface area contributed by atoms with E-state index < -0.39 is 0 Å². The fourth-order valence-corrected chi connectivity index (χ4v) is 2.50. The molecule has 0 amide bonds. The van der Waals surface area contributed by atoms with Crippen LogP contribution >= 0.6 is 11.6 Å². The Morgan fingerprint density at radius 1 is 0.824 bits per heavy atom. The van der Waals surface area contributed by atoms with Gasteiger partial charge in [0.25, 0.3) is 0 Å². The molecule has 0 spiro atoms. The second-order valence-electron chi connectivity index (χ2n) is 9.12. The van der Waals surface area contributed by atoms with E-state index in [1.165, 1.54) is 0 Å². The minimum Gasteiger partial charge on any atom is -0.492 e. The minimum absolute atomic E-state index is 0.208. The third-order valence-electron chi connectivity index (χ3n) is 3.95. The molecule has 0 atom stereocenters. The van der Waals surface area contributed by atoms with Gasteiger partial charge in [0.2, 0.25) is 11.8 Å². The van der Waals surface area contributed by atoms with Crippen LogP contribution in [-0.4, -0.2) is 52.4 Å². The molecule has 34 heavy (non-hydrogen) atoms. The molecular formula is C24H37ClN4O5. The van der Waals surface area contributed by atoms with Crippen LogP contribution in [0.1, 0.15) is 65.3 Å². The zero-order valence-electron chi connectivity index (χ0n) is 21.7. The molecule has 2 heterocycles. The van der Waals surface area contributed by atoms with Gasteiger partial charge < -0.3 is 23.7 Å². The molecule has 2 aromatic rings. The highest BCUT2D eigenvalue weighted by atomic mass is 35.5. The molecule has 10 heteroatoms. The Kier molecular flexibility index (Phi) is 11.7. The van der Waals surface area contributed by atoms with Crippen LogP contribution in [0.5, 0.6) is 11.8 Å². The Hall–Kier alpha value is -2.49. The molecule has 2 aromatic heterocycles. The SMILES string of the molecule is C=C(OCC)c1cc(COC(C)(C)C)c(OC)nn1.COc1nnc(Cl)cc1COC(C)(C)C. The number of aromatic nitrogens is 4. The number of halogens is 1. The quantitative estimate of drug-likeness (QED) is 0.430. The number of nitrogens with zero attached hydrogens (tertiary/aromatic N) is 4. The van der Waals surface area contributed by atoms with Crippen LogP contribution < -0.4 is 9.47 Å². The summed E-state index contributed by atoms with van der Waals surface area (Å²) < 4.78 is 26.9. The van der Waals surface area contributed by atoms with Crippen LogP contribution in [0.15, 0.2) is 18.7 Å². The predicted molar refractivity (Wildman–Crippen MR) is 132 cm³/mol. The van der Waals surface area contributed by atoms with Crippen LogP contribution in [0.25, 0.3) is 5.76 Å². The lowest BCUT2D eigenvalue weighted by Gasteiger charge is -2.20. The number of rotatable bonds is 9. The standard InChI is InChI=1S/C14H22N2O3.C10H15ClN2O2/c1-7-18-10(2)12-8-11(9-19-14(3,4)5)13(17-6)16-15-12;1-10(2,3)15-6-7-5-8(11)12-13-9(7)14-4/h8H,2,7,9H2,1,3-6H3;5H,6H2,1-4H3. The third kappa shape index (κ3) is 11.1. The van der Waals surface area contributed by atoms with Gasteiger partial charge in [-0.3, -0.25) is 0 Å². The monoisotopic (exact) mass is 496 g/mol. The number of methoxy groups -OCH3 is 2. The van der Waals surface area contributed by atoms with Gasteiger partial charge in [-0.05, 0) is 60.6 Å². The second-order valence-corrected chi connectivity index (χ2v) is 9.51. The van der Waals surface area contributed by atoms with E-state index >= 15 is 0 Å². The van der Waals surface area contributed by atoms with Gasteiger partial charge >= 0.3 is 0 Å². The van der Waals surface area contributed by atoms with Gasteiger partial charge in [0.15, 0.2) is 5.15 Å². The summed E-state index contributed by atoms with van der Waals surface area (Å²) in [6, 6.07) is 3.52. The van der Waals surface area contributed by atoms with Crippen molar-refractivity contribution in [2.24, 2.45) is 0 Å². The topological polar surface area (TPSA) is 97.7 Å². The third-order valence-corrected chi connectivity index (χ3v) is 4.14. The van der Waals surface area contributed by atoms with Crippen molar-refractivity contribution >= 4 is 17.4 Å². The fraction of sp³-hybridized carbons (Fsp3) is 0.583. The Balaban J connectivity index is 0.000000350. The van der Waals surface area contributed by atoms with Crippen molar-refractivity contribution < 1.29 is 23.7 Å². The first-order valence-corrected chi connectivity index (χ1v) is 11.2. The summed E-state index contributed by atoms with van der Waals surface area (Å²) in [5.41, 5.74) is 1.78.